The van der Waals surface area contributed by atoms with Gasteiger partial charge in [0.15, 0.2) is 5.16 Å². The third-order valence-electron chi connectivity index (χ3n) is 3.84. The average molecular weight is 363 g/mol. The number of imidazole rings is 1. The van der Waals surface area contributed by atoms with Crippen LogP contribution in [0.5, 0.6) is 0 Å². The van der Waals surface area contributed by atoms with Crippen LogP contribution in [0.1, 0.15) is 11.5 Å². The van der Waals surface area contributed by atoms with E-state index in [-0.39, 0.29) is 0 Å². The molecular weight excluding hydrogens is 346 g/mol. The minimum absolute atomic E-state index is 0.501. The third kappa shape index (κ3) is 3.48. The van der Waals surface area contributed by atoms with Gasteiger partial charge in [-0.05, 0) is 13.0 Å². The Morgan fingerprint density at radius 1 is 1.04 bits per heavy atom. The van der Waals surface area contributed by atoms with E-state index in [0.29, 0.717) is 22.6 Å². The first-order chi connectivity index (χ1) is 12.7. The molecule has 0 aliphatic heterocycles. The fraction of sp³-hybridized carbons (Fsp3) is 0.105. The Morgan fingerprint density at radius 2 is 1.85 bits per heavy atom. The molecule has 130 valence electrons. The molecule has 7 heteroatoms. The summed E-state index contributed by atoms with van der Waals surface area (Å²) in [6.07, 6.45) is 1.81. The van der Waals surface area contributed by atoms with E-state index in [2.05, 4.69) is 15.1 Å². The number of nitrogens with zero attached hydrogens (tertiary/aromatic N) is 4. The number of aromatic nitrogens is 4. The standard InChI is InChI=1S/C19H17N5OS/c1-13-6-5-9-15(10-13)18-22-17(25-23-18)12-26-19-21-16(11-24(19)20)14-7-3-2-4-8-14/h2-11H,12,20H2,1H3. The molecule has 0 saturated carbocycles. The van der Waals surface area contributed by atoms with Gasteiger partial charge in [0, 0.05) is 11.1 Å². The van der Waals surface area contributed by atoms with Crippen LogP contribution in [0.4, 0.5) is 0 Å². The summed E-state index contributed by atoms with van der Waals surface area (Å²) in [4.78, 5) is 9.04. The van der Waals surface area contributed by atoms with Crippen molar-refractivity contribution in [2.45, 2.75) is 17.8 Å². The Bertz CT molecular complexity index is 1030. The molecule has 0 radical (unpaired) electrons. The normalized spacial score (nSPS) is 11.0. The summed E-state index contributed by atoms with van der Waals surface area (Å²) in [6, 6.07) is 17.9. The first-order valence-electron chi connectivity index (χ1n) is 8.11. The molecule has 26 heavy (non-hydrogen) atoms. The molecule has 0 saturated heterocycles. The molecule has 4 rings (SSSR count). The van der Waals surface area contributed by atoms with Gasteiger partial charge in [-0.2, -0.15) is 4.98 Å². The first-order valence-corrected chi connectivity index (χ1v) is 9.10. The van der Waals surface area contributed by atoms with E-state index in [1.807, 2.05) is 67.7 Å². The minimum atomic E-state index is 0.501. The van der Waals surface area contributed by atoms with Crippen molar-refractivity contribution in [3.63, 3.8) is 0 Å². The van der Waals surface area contributed by atoms with Crippen LogP contribution in [0, 0.1) is 6.92 Å². The first kappa shape index (κ1) is 16.4. The fourth-order valence-electron chi connectivity index (χ4n) is 2.57. The Hall–Kier alpha value is -3.06. The quantitative estimate of drug-likeness (QED) is 0.427. The lowest BCUT2D eigenvalue weighted by Crippen LogP contribution is -2.07. The molecule has 4 aromatic rings. The zero-order valence-corrected chi connectivity index (χ0v) is 15.0. The lowest BCUT2D eigenvalue weighted by atomic mass is 10.1. The van der Waals surface area contributed by atoms with Crippen molar-refractivity contribution in [1.82, 2.24) is 19.8 Å². The van der Waals surface area contributed by atoms with E-state index in [1.54, 1.807) is 0 Å². The smallest absolute Gasteiger partial charge is 0.237 e. The predicted octanol–water partition coefficient (Wildman–Crippen LogP) is 3.91. The van der Waals surface area contributed by atoms with Crippen molar-refractivity contribution in [3.05, 3.63) is 72.2 Å². The van der Waals surface area contributed by atoms with Crippen LogP contribution in [0.2, 0.25) is 0 Å². The van der Waals surface area contributed by atoms with Gasteiger partial charge in [0.1, 0.15) is 0 Å². The second-order valence-electron chi connectivity index (χ2n) is 5.85. The van der Waals surface area contributed by atoms with E-state index >= 15 is 0 Å². The molecule has 0 aliphatic carbocycles. The summed E-state index contributed by atoms with van der Waals surface area (Å²) in [5.41, 5.74) is 3.96. The maximum Gasteiger partial charge on any atom is 0.237 e. The summed E-state index contributed by atoms with van der Waals surface area (Å²) < 4.78 is 6.87. The molecule has 2 heterocycles. The number of nitrogens with two attached hydrogens (primary N) is 1. The van der Waals surface area contributed by atoms with Crippen LogP contribution in [0.3, 0.4) is 0 Å². The summed E-state index contributed by atoms with van der Waals surface area (Å²) >= 11 is 1.46. The van der Waals surface area contributed by atoms with Crippen LogP contribution in [-0.2, 0) is 5.75 Å². The minimum Gasteiger partial charge on any atom is -0.338 e. The Balaban J connectivity index is 1.47. The maximum atomic E-state index is 6.02. The van der Waals surface area contributed by atoms with E-state index in [4.69, 9.17) is 10.4 Å². The summed E-state index contributed by atoms with van der Waals surface area (Å²) in [6.45, 7) is 2.03. The summed E-state index contributed by atoms with van der Waals surface area (Å²) in [7, 11) is 0. The number of hydrogen-bond donors (Lipinski definition) is 1. The summed E-state index contributed by atoms with van der Waals surface area (Å²) in [5, 5.41) is 4.75. The number of hydrogen-bond acceptors (Lipinski definition) is 6. The molecule has 0 fully saturated rings. The molecule has 0 spiro atoms. The van der Waals surface area contributed by atoms with Crippen LogP contribution in [0.15, 0.2) is 70.5 Å². The Kier molecular flexibility index (Phi) is 4.45. The molecule has 0 aliphatic rings. The molecule has 2 N–H and O–H groups in total. The lowest BCUT2D eigenvalue weighted by molar-refractivity contribution is 0.391. The number of benzene rings is 2. The summed E-state index contributed by atoms with van der Waals surface area (Å²) in [5.74, 6) is 7.65. The lowest BCUT2D eigenvalue weighted by Gasteiger charge is -1.97. The zero-order chi connectivity index (χ0) is 17.9. The predicted molar refractivity (Wildman–Crippen MR) is 102 cm³/mol. The molecule has 2 aromatic heterocycles. The number of nitrogen functional groups attached to an aromatic ring is 1. The van der Waals surface area contributed by atoms with Gasteiger partial charge in [-0.25, -0.2) is 9.66 Å². The fourth-order valence-corrected chi connectivity index (χ4v) is 3.31. The van der Waals surface area contributed by atoms with Crippen LogP contribution in [0.25, 0.3) is 22.6 Å². The van der Waals surface area contributed by atoms with Crippen molar-refractivity contribution in [1.29, 1.82) is 0 Å². The van der Waals surface area contributed by atoms with Gasteiger partial charge in [-0.15, -0.1) is 0 Å². The van der Waals surface area contributed by atoms with Crippen molar-refractivity contribution in [3.8, 4) is 22.6 Å². The van der Waals surface area contributed by atoms with Crippen LogP contribution < -0.4 is 5.84 Å². The highest BCUT2D eigenvalue weighted by molar-refractivity contribution is 7.98. The van der Waals surface area contributed by atoms with E-state index in [0.717, 1.165) is 22.4 Å². The number of thioether (sulfide) groups is 1. The molecular formula is C19H17N5OS. The van der Waals surface area contributed by atoms with E-state index in [1.165, 1.54) is 16.4 Å². The van der Waals surface area contributed by atoms with Gasteiger partial charge in [0.2, 0.25) is 11.7 Å². The molecule has 0 unspecified atom stereocenters. The highest BCUT2D eigenvalue weighted by Crippen LogP contribution is 2.26. The average Bonchev–Trinajstić information content (AvgIpc) is 3.27. The molecule has 6 nitrogen and oxygen atoms in total. The van der Waals surface area contributed by atoms with Gasteiger partial charge >= 0.3 is 0 Å². The molecule has 0 amide bonds. The van der Waals surface area contributed by atoms with Crippen molar-refractivity contribution in [2.75, 3.05) is 5.84 Å². The number of rotatable bonds is 5. The molecule has 0 bridgehead atoms. The second kappa shape index (κ2) is 7.05. The maximum absolute atomic E-state index is 6.02. The Labute approximate surface area is 155 Å². The van der Waals surface area contributed by atoms with E-state index in [9.17, 15) is 0 Å². The SMILES string of the molecule is Cc1cccc(-c2noc(CSc3nc(-c4ccccc4)cn3N)n2)c1. The third-order valence-corrected chi connectivity index (χ3v) is 4.79. The monoisotopic (exact) mass is 363 g/mol. The topological polar surface area (TPSA) is 82.8 Å². The molecule has 0 atom stereocenters. The number of aryl methyl sites for hydroxylation is 1. The largest absolute Gasteiger partial charge is 0.338 e. The van der Waals surface area contributed by atoms with Crippen LogP contribution >= 0.6 is 11.8 Å². The van der Waals surface area contributed by atoms with Crippen molar-refractivity contribution in [2.24, 2.45) is 0 Å². The highest BCUT2D eigenvalue weighted by atomic mass is 32.2. The van der Waals surface area contributed by atoms with Gasteiger partial charge in [0.05, 0.1) is 17.6 Å². The Morgan fingerprint density at radius 3 is 2.65 bits per heavy atom. The molecule has 2 aromatic carbocycles. The van der Waals surface area contributed by atoms with Crippen molar-refractivity contribution < 1.29 is 4.52 Å². The van der Waals surface area contributed by atoms with Gasteiger partial charge < -0.3 is 10.4 Å². The zero-order valence-electron chi connectivity index (χ0n) is 14.2. The van der Waals surface area contributed by atoms with Gasteiger partial charge in [-0.3, -0.25) is 0 Å². The second-order valence-corrected chi connectivity index (χ2v) is 6.79. The highest BCUT2D eigenvalue weighted by Gasteiger charge is 2.13. The van der Waals surface area contributed by atoms with Gasteiger partial charge in [0.25, 0.3) is 0 Å². The van der Waals surface area contributed by atoms with Gasteiger partial charge in [-0.1, -0.05) is 71.0 Å². The van der Waals surface area contributed by atoms with Crippen LogP contribution in [-0.4, -0.2) is 19.8 Å². The van der Waals surface area contributed by atoms with E-state index < -0.39 is 0 Å². The van der Waals surface area contributed by atoms with Crippen molar-refractivity contribution >= 4 is 11.8 Å².